The third-order valence-corrected chi connectivity index (χ3v) is 7.06. The average molecular weight is 445 g/mol. The number of primary amides is 1. The van der Waals surface area contributed by atoms with Gasteiger partial charge < -0.3 is 15.6 Å². The van der Waals surface area contributed by atoms with E-state index in [0.29, 0.717) is 16.3 Å². The fourth-order valence-corrected chi connectivity index (χ4v) is 5.30. The van der Waals surface area contributed by atoms with Gasteiger partial charge in [0.05, 0.1) is 23.7 Å². The van der Waals surface area contributed by atoms with E-state index in [2.05, 4.69) is 0 Å². The van der Waals surface area contributed by atoms with Crippen LogP contribution >= 0.6 is 23.2 Å². The Balaban J connectivity index is 1.67. The molecule has 0 unspecified atom stereocenters. The summed E-state index contributed by atoms with van der Waals surface area (Å²) >= 11 is 11.8. The molecule has 1 aliphatic heterocycles. The minimum absolute atomic E-state index is 0.0342. The number of nitrogens with zero attached hydrogens (tertiary/aromatic N) is 1. The zero-order chi connectivity index (χ0) is 20.5. The van der Waals surface area contributed by atoms with E-state index in [0.717, 1.165) is 0 Å². The summed E-state index contributed by atoms with van der Waals surface area (Å²) in [4.78, 5) is 11.1. The van der Waals surface area contributed by atoms with Crippen LogP contribution in [0.15, 0.2) is 47.4 Å². The summed E-state index contributed by atoms with van der Waals surface area (Å²) in [5.74, 6) is -0.0565. The fourth-order valence-electron chi connectivity index (χ4n) is 2.88. The van der Waals surface area contributed by atoms with Crippen molar-refractivity contribution < 1.29 is 23.1 Å². The smallest absolute Gasteiger partial charge is 0.248 e. The molecule has 0 bridgehead atoms. The Morgan fingerprint density at radius 2 is 1.82 bits per heavy atom. The summed E-state index contributed by atoms with van der Waals surface area (Å²) in [6.45, 7) is 0.0425. The van der Waals surface area contributed by atoms with Crippen molar-refractivity contribution in [3.05, 3.63) is 58.1 Å². The molecule has 1 fully saturated rings. The molecule has 2 aromatic carbocycles. The van der Waals surface area contributed by atoms with Crippen LogP contribution in [0, 0.1) is 5.41 Å². The van der Waals surface area contributed by atoms with Crippen molar-refractivity contribution >= 4 is 39.1 Å². The molecule has 10 heteroatoms. The van der Waals surface area contributed by atoms with Crippen molar-refractivity contribution in [1.82, 2.24) is 4.31 Å². The molecule has 3 N–H and O–H groups in total. The highest BCUT2D eigenvalue weighted by Crippen LogP contribution is 2.37. The van der Waals surface area contributed by atoms with Crippen LogP contribution in [0.25, 0.3) is 0 Å². The van der Waals surface area contributed by atoms with Gasteiger partial charge in [-0.15, -0.1) is 0 Å². The predicted octanol–water partition coefficient (Wildman–Crippen LogP) is 2.15. The van der Waals surface area contributed by atoms with Crippen molar-refractivity contribution in [3.63, 3.8) is 0 Å². The lowest BCUT2D eigenvalue weighted by molar-refractivity contribution is -0.0272. The van der Waals surface area contributed by atoms with Gasteiger partial charge in [0, 0.05) is 23.7 Å². The number of nitrogens with two attached hydrogens (primary N) is 1. The molecular formula is C18H18Cl2N2O5S. The maximum Gasteiger partial charge on any atom is 0.248 e. The summed E-state index contributed by atoms with van der Waals surface area (Å²) < 4.78 is 32.4. The topological polar surface area (TPSA) is 110 Å². The predicted molar refractivity (Wildman–Crippen MR) is 105 cm³/mol. The highest BCUT2D eigenvalue weighted by atomic mass is 35.5. The molecule has 7 nitrogen and oxygen atoms in total. The van der Waals surface area contributed by atoms with Crippen LogP contribution in [0.1, 0.15) is 10.4 Å². The molecule has 0 aliphatic carbocycles. The molecule has 0 radical (unpaired) electrons. The van der Waals surface area contributed by atoms with Gasteiger partial charge in [-0.05, 0) is 42.5 Å². The summed E-state index contributed by atoms with van der Waals surface area (Å²) in [6, 6.07) is 10.4. The summed E-state index contributed by atoms with van der Waals surface area (Å²) in [5.41, 5.74) is 4.81. The quantitative estimate of drug-likeness (QED) is 0.679. The summed E-state index contributed by atoms with van der Waals surface area (Å²) in [7, 11) is -3.80. The Bertz CT molecular complexity index is 990. The van der Waals surface area contributed by atoms with Crippen molar-refractivity contribution in [3.8, 4) is 5.75 Å². The number of rotatable bonds is 7. The van der Waals surface area contributed by atoms with Crippen LogP contribution in [-0.4, -0.2) is 50.0 Å². The van der Waals surface area contributed by atoms with E-state index in [1.54, 1.807) is 12.1 Å². The Morgan fingerprint density at radius 1 is 1.18 bits per heavy atom. The third-order valence-electron chi connectivity index (χ3n) is 4.55. The second kappa shape index (κ2) is 7.88. The Hall–Kier alpha value is -1.84. The number of aliphatic hydroxyl groups excluding tert-OH is 1. The molecule has 1 heterocycles. The zero-order valence-corrected chi connectivity index (χ0v) is 17.0. The van der Waals surface area contributed by atoms with E-state index >= 15 is 0 Å². The molecule has 1 aliphatic rings. The van der Waals surface area contributed by atoms with E-state index in [1.165, 1.54) is 34.6 Å². The normalized spacial score (nSPS) is 16.4. The van der Waals surface area contributed by atoms with Crippen LogP contribution in [0.4, 0.5) is 0 Å². The molecule has 0 spiro atoms. The second-order valence-electron chi connectivity index (χ2n) is 6.68. The van der Waals surface area contributed by atoms with Gasteiger partial charge in [-0.3, -0.25) is 4.79 Å². The molecule has 0 saturated carbocycles. The zero-order valence-electron chi connectivity index (χ0n) is 14.6. The fraction of sp³-hybridized carbons (Fsp3) is 0.278. The van der Waals surface area contributed by atoms with Crippen molar-refractivity contribution in [2.24, 2.45) is 11.1 Å². The van der Waals surface area contributed by atoms with E-state index in [1.807, 2.05) is 0 Å². The number of sulfonamides is 1. The van der Waals surface area contributed by atoms with Crippen LogP contribution in [0.2, 0.25) is 10.0 Å². The first-order valence-electron chi connectivity index (χ1n) is 8.26. The van der Waals surface area contributed by atoms with Gasteiger partial charge in [0.2, 0.25) is 15.9 Å². The molecule has 28 heavy (non-hydrogen) atoms. The SMILES string of the molecule is NC(=O)c1ccc(OCC2(CO)CN(S(=O)(=O)c3ccc(Cl)cc3Cl)C2)cc1. The average Bonchev–Trinajstić information content (AvgIpc) is 2.61. The van der Waals surface area contributed by atoms with Gasteiger partial charge in [0.15, 0.2) is 0 Å². The summed E-state index contributed by atoms with van der Waals surface area (Å²) in [6.07, 6.45) is 0. The minimum atomic E-state index is -3.80. The largest absolute Gasteiger partial charge is 0.493 e. The lowest BCUT2D eigenvalue weighted by Gasteiger charge is -2.47. The van der Waals surface area contributed by atoms with Gasteiger partial charge in [0.1, 0.15) is 10.6 Å². The maximum atomic E-state index is 12.8. The van der Waals surface area contributed by atoms with Crippen LogP contribution in [0.3, 0.4) is 0 Å². The van der Waals surface area contributed by atoms with Crippen molar-refractivity contribution in [1.29, 1.82) is 0 Å². The van der Waals surface area contributed by atoms with Crippen molar-refractivity contribution in [2.75, 3.05) is 26.3 Å². The number of benzene rings is 2. The molecule has 150 valence electrons. The third kappa shape index (κ3) is 4.11. The highest BCUT2D eigenvalue weighted by Gasteiger charge is 2.49. The second-order valence-corrected chi connectivity index (χ2v) is 9.43. The minimum Gasteiger partial charge on any atom is -0.493 e. The lowest BCUT2D eigenvalue weighted by atomic mass is 9.83. The van der Waals surface area contributed by atoms with Crippen LogP contribution in [-0.2, 0) is 10.0 Å². The van der Waals surface area contributed by atoms with Crippen molar-refractivity contribution in [2.45, 2.75) is 4.90 Å². The van der Waals surface area contributed by atoms with E-state index < -0.39 is 21.3 Å². The Labute approximate surface area is 172 Å². The molecule has 1 saturated heterocycles. The van der Waals surface area contributed by atoms with Crippen LogP contribution < -0.4 is 10.5 Å². The molecular weight excluding hydrogens is 427 g/mol. The van der Waals surface area contributed by atoms with Crippen LogP contribution in [0.5, 0.6) is 5.75 Å². The number of ether oxygens (including phenoxy) is 1. The van der Waals surface area contributed by atoms with Gasteiger partial charge >= 0.3 is 0 Å². The summed E-state index contributed by atoms with van der Waals surface area (Å²) in [5, 5.41) is 10.2. The number of amides is 1. The number of carbonyl (C=O) groups is 1. The molecule has 3 rings (SSSR count). The van der Waals surface area contributed by atoms with Gasteiger partial charge in [-0.1, -0.05) is 23.2 Å². The highest BCUT2D eigenvalue weighted by molar-refractivity contribution is 7.89. The molecule has 1 amide bonds. The first-order chi connectivity index (χ1) is 13.2. The lowest BCUT2D eigenvalue weighted by Crippen LogP contribution is -2.62. The standard InChI is InChI=1S/C18H18Cl2N2O5S/c19-13-3-6-16(15(20)7-13)28(25,26)22-8-18(9-22,10-23)11-27-14-4-1-12(2-5-14)17(21)24/h1-7,23H,8-11H2,(H2,21,24). The number of halogens is 2. The number of carbonyl (C=O) groups excluding carboxylic acids is 1. The molecule has 2 aromatic rings. The monoisotopic (exact) mass is 444 g/mol. The Kier molecular flexibility index (Phi) is 5.88. The van der Waals surface area contributed by atoms with Gasteiger partial charge in [-0.25, -0.2) is 8.42 Å². The number of hydrogen-bond acceptors (Lipinski definition) is 5. The van der Waals surface area contributed by atoms with E-state index in [9.17, 15) is 18.3 Å². The van der Waals surface area contributed by atoms with Gasteiger partial charge in [-0.2, -0.15) is 4.31 Å². The van der Waals surface area contributed by atoms with E-state index in [4.69, 9.17) is 33.7 Å². The maximum absolute atomic E-state index is 12.8. The molecule has 0 aromatic heterocycles. The Morgan fingerprint density at radius 3 is 2.36 bits per heavy atom. The van der Waals surface area contributed by atoms with E-state index in [-0.39, 0.29) is 36.2 Å². The number of hydrogen-bond donors (Lipinski definition) is 2. The first-order valence-corrected chi connectivity index (χ1v) is 10.5. The molecule has 0 atom stereocenters. The number of aliphatic hydroxyl groups is 1. The first kappa shape index (κ1) is 20.9. The van der Waals surface area contributed by atoms with Gasteiger partial charge in [0.25, 0.3) is 0 Å².